The maximum absolute atomic E-state index is 12.1. The first-order valence-corrected chi connectivity index (χ1v) is 8.96. The van der Waals surface area contributed by atoms with E-state index in [0.717, 1.165) is 19.6 Å². The lowest BCUT2D eigenvalue weighted by molar-refractivity contribution is 0.0917. The summed E-state index contributed by atoms with van der Waals surface area (Å²) in [5, 5.41) is 3.62. The number of benzene rings is 1. The van der Waals surface area contributed by atoms with Crippen molar-refractivity contribution in [2.24, 2.45) is 0 Å². The monoisotopic (exact) mass is 384 g/mol. The molecule has 2 rings (SSSR count). The zero-order chi connectivity index (χ0) is 18.2. The van der Waals surface area contributed by atoms with Crippen molar-refractivity contribution in [1.29, 1.82) is 0 Å². The SMILES string of the molecule is CCN(CC)CCNC(=O)c1ccc(COc2cccc(Cl)c2Cl)o1. The fourth-order valence-electron chi connectivity index (χ4n) is 2.28. The fourth-order valence-corrected chi connectivity index (χ4v) is 2.62. The molecule has 25 heavy (non-hydrogen) atoms. The van der Waals surface area contributed by atoms with Crippen LogP contribution in [-0.4, -0.2) is 37.0 Å². The average molecular weight is 385 g/mol. The first kappa shape index (κ1) is 19.6. The summed E-state index contributed by atoms with van der Waals surface area (Å²) in [4.78, 5) is 14.3. The van der Waals surface area contributed by atoms with E-state index >= 15 is 0 Å². The Balaban J connectivity index is 1.85. The van der Waals surface area contributed by atoms with Crippen molar-refractivity contribution in [3.05, 3.63) is 51.9 Å². The van der Waals surface area contributed by atoms with Gasteiger partial charge >= 0.3 is 0 Å². The Kier molecular flexibility index (Phi) is 7.62. The molecule has 1 amide bonds. The normalized spacial score (nSPS) is 10.9. The topological polar surface area (TPSA) is 54.7 Å². The van der Waals surface area contributed by atoms with Crippen molar-refractivity contribution in [2.75, 3.05) is 26.2 Å². The summed E-state index contributed by atoms with van der Waals surface area (Å²) in [5.74, 6) is 1.02. The lowest BCUT2D eigenvalue weighted by atomic mass is 10.3. The lowest BCUT2D eigenvalue weighted by Gasteiger charge is -2.17. The molecular formula is C18H22Cl2N2O3. The standard InChI is InChI=1S/C18H22Cl2N2O3/c1-3-22(4-2)11-10-21-18(23)16-9-8-13(25-16)12-24-15-7-5-6-14(19)17(15)20/h5-9H,3-4,10-12H2,1-2H3,(H,21,23). The number of hydrogen-bond acceptors (Lipinski definition) is 4. The maximum atomic E-state index is 12.1. The molecule has 0 saturated heterocycles. The predicted octanol–water partition coefficient (Wildman–Crippen LogP) is 4.24. The van der Waals surface area contributed by atoms with Crippen LogP contribution in [0.4, 0.5) is 0 Å². The molecule has 0 unspecified atom stereocenters. The van der Waals surface area contributed by atoms with E-state index in [-0.39, 0.29) is 18.3 Å². The Bertz CT molecular complexity index is 699. The van der Waals surface area contributed by atoms with Gasteiger partial charge in [-0.3, -0.25) is 4.79 Å². The number of halogens is 2. The van der Waals surface area contributed by atoms with Gasteiger partial charge in [0.1, 0.15) is 23.1 Å². The molecule has 0 spiro atoms. The number of nitrogens with zero attached hydrogens (tertiary/aromatic N) is 1. The minimum absolute atomic E-state index is 0.160. The predicted molar refractivity (Wildman–Crippen MR) is 99.6 cm³/mol. The molecule has 0 fully saturated rings. The number of ether oxygens (including phenoxy) is 1. The summed E-state index contributed by atoms with van der Waals surface area (Å²) in [6.07, 6.45) is 0. The number of amides is 1. The van der Waals surface area contributed by atoms with Crippen molar-refractivity contribution in [1.82, 2.24) is 10.2 Å². The van der Waals surface area contributed by atoms with Crippen LogP contribution >= 0.6 is 23.2 Å². The number of nitrogens with one attached hydrogen (secondary N) is 1. The van der Waals surface area contributed by atoms with Gasteiger partial charge in [-0.15, -0.1) is 0 Å². The molecule has 7 heteroatoms. The van der Waals surface area contributed by atoms with Gasteiger partial charge in [0.25, 0.3) is 5.91 Å². The van der Waals surface area contributed by atoms with Crippen molar-refractivity contribution >= 4 is 29.1 Å². The van der Waals surface area contributed by atoms with Gasteiger partial charge in [-0.05, 0) is 37.4 Å². The van der Waals surface area contributed by atoms with Crippen LogP contribution in [0.5, 0.6) is 5.75 Å². The molecular weight excluding hydrogens is 363 g/mol. The van der Waals surface area contributed by atoms with Crippen molar-refractivity contribution in [2.45, 2.75) is 20.5 Å². The van der Waals surface area contributed by atoms with Gasteiger partial charge in [0, 0.05) is 13.1 Å². The molecule has 0 atom stereocenters. The van der Waals surface area contributed by atoms with Gasteiger partial charge in [-0.2, -0.15) is 0 Å². The highest BCUT2D eigenvalue weighted by Crippen LogP contribution is 2.32. The van der Waals surface area contributed by atoms with Crippen LogP contribution in [0.1, 0.15) is 30.2 Å². The highest BCUT2D eigenvalue weighted by Gasteiger charge is 2.12. The molecule has 0 saturated carbocycles. The highest BCUT2D eigenvalue weighted by atomic mass is 35.5. The summed E-state index contributed by atoms with van der Waals surface area (Å²) in [5.41, 5.74) is 0. The molecule has 2 aromatic rings. The first-order chi connectivity index (χ1) is 12.0. The maximum Gasteiger partial charge on any atom is 0.287 e. The van der Waals surface area contributed by atoms with E-state index in [1.165, 1.54) is 0 Å². The van der Waals surface area contributed by atoms with Crippen molar-refractivity contribution in [3.63, 3.8) is 0 Å². The van der Waals surface area contributed by atoms with Gasteiger partial charge in [0.2, 0.25) is 0 Å². The van der Waals surface area contributed by atoms with E-state index in [1.54, 1.807) is 30.3 Å². The summed E-state index contributed by atoms with van der Waals surface area (Å²) in [6, 6.07) is 8.49. The van der Waals surface area contributed by atoms with E-state index in [4.69, 9.17) is 32.4 Å². The lowest BCUT2D eigenvalue weighted by Crippen LogP contribution is -2.34. The Labute approximate surface area is 157 Å². The summed E-state index contributed by atoms with van der Waals surface area (Å²) < 4.78 is 11.1. The Morgan fingerprint density at radius 1 is 1.20 bits per heavy atom. The van der Waals surface area contributed by atoms with Crippen molar-refractivity contribution in [3.8, 4) is 5.75 Å². The molecule has 1 aromatic heterocycles. The van der Waals surface area contributed by atoms with Gasteiger partial charge < -0.3 is 19.4 Å². The minimum atomic E-state index is -0.237. The molecule has 5 nitrogen and oxygen atoms in total. The molecule has 1 heterocycles. The molecule has 1 aromatic carbocycles. The molecule has 0 aliphatic rings. The number of hydrogen-bond donors (Lipinski definition) is 1. The zero-order valence-corrected chi connectivity index (χ0v) is 15.9. The first-order valence-electron chi connectivity index (χ1n) is 8.21. The molecule has 0 radical (unpaired) electrons. The van der Waals surface area contributed by atoms with Crippen LogP contribution in [0.2, 0.25) is 10.0 Å². The quantitative estimate of drug-likeness (QED) is 0.702. The zero-order valence-electron chi connectivity index (χ0n) is 14.4. The Morgan fingerprint density at radius 3 is 2.68 bits per heavy atom. The van der Waals surface area contributed by atoms with E-state index in [1.807, 2.05) is 0 Å². The molecule has 0 bridgehead atoms. The number of likely N-dealkylation sites (N-methyl/N-ethyl adjacent to an activating group) is 1. The molecule has 1 N–H and O–H groups in total. The third-order valence-corrected chi connectivity index (χ3v) is 4.58. The Morgan fingerprint density at radius 2 is 1.96 bits per heavy atom. The van der Waals surface area contributed by atoms with Crippen LogP contribution in [-0.2, 0) is 6.61 Å². The minimum Gasteiger partial charge on any atom is -0.484 e. The molecule has 0 aliphatic carbocycles. The van der Waals surface area contributed by atoms with E-state index < -0.39 is 0 Å². The van der Waals surface area contributed by atoms with Gasteiger partial charge in [-0.1, -0.05) is 43.1 Å². The molecule has 0 aliphatic heterocycles. The van der Waals surface area contributed by atoms with Crippen LogP contribution in [0, 0.1) is 0 Å². The fraction of sp³-hybridized carbons (Fsp3) is 0.389. The number of carbonyl (C=O) groups is 1. The van der Waals surface area contributed by atoms with Crippen molar-refractivity contribution < 1.29 is 13.9 Å². The van der Waals surface area contributed by atoms with Crippen LogP contribution in [0.15, 0.2) is 34.7 Å². The third kappa shape index (κ3) is 5.66. The van der Waals surface area contributed by atoms with Gasteiger partial charge in [-0.25, -0.2) is 0 Å². The van der Waals surface area contributed by atoms with Gasteiger partial charge in [0.05, 0.1) is 5.02 Å². The third-order valence-electron chi connectivity index (χ3n) is 3.78. The van der Waals surface area contributed by atoms with Crippen LogP contribution in [0.25, 0.3) is 0 Å². The Hall–Kier alpha value is -1.69. The highest BCUT2D eigenvalue weighted by molar-refractivity contribution is 6.42. The average Bonchev–Trinajstić information content (AvgIpc) is 3.09. The summed E-state index contributed by atoms with van der Waals surface area (Å²) in [6.45, 7) is 7.65. The largest absolute Gasteiger partial charge is 0.484 e. The smallest absolute Gasteiger partial charge is 0.287 e. The van der Waals surface area contributed by atoms with E-state index in [9.17, 15) is 4.79 Å². The number of rotatable bonds is 9. The van der Waals surface area contributed by atoms with Gasteiger partial charge in [0.15, 0.2) is 5.76 Å². The second kappa shape index (κ2) is 9.70. The van der Waals surface area contributed by atoms with Crippen LogP contribution in [0.3, 0.4) is 0 Å². The molecule has 136 valence electrons. The van der Waals surface area contributed by atoms with E-state index in [2.05, 4.69) is 24.1 Å². The summed E-state index contributed by atoms with van der Waals surface area (Å²) in [7, 11) is 0. The number of carbonyl (C=O) groups excluding carboxylic acids is 1. The van der Waals surface area contributed by atoms with Crippen LogP contribution < -0.4 is 10.1 Å². The van der Waals surface area contributed by atoms with E-state index in [0.29, 0.717) is 28.1 Å². The summed E-state index contributed by atoms with van der Waals surface area (Å²) >= 11 is 12.0. The second-order valence-corrected chi connectivity index (χ2v) is 6.17. The number of furan rings is 1. The second-order valence-electron chi connectivity index (χ2n) is 5.39.